The van der Waals surface area contributed by atoms with Crippen LogP contribution in [0.2, 0.25) is 0 Å². The molecule has 0 atom stereocenters. The van der Waals surface area contributed by atoms with Crippen molar-refractivity contribution in [2.45, 2.75) is 25.3 Å². The highest BCUT2D eigenvalue weighted by Crippen LogP contribution is 2.36. The van der Waals surface area contributed by atoms with Gasteiger partial charge in [-0.25, -0.2) is 0 Å². The molecule has 4 heteroatoms. The van der Waals surface area contributed by atoms with Gasteiger partial charge in [0.2, 0.25) is 0 Å². The summed E-state index contributed by atoms with van der Waals surface area (Å²) in [6, 6.07) is 0. The van der Waals surface area contributed by atoms with E-state index in [1.807, 2.05) is 17.7 Å². The van der Waals surface area contributed by atoms with Gasteiger partial charge in [0.15, 0.2) is 0 Å². The van der Waals surface area contributed by atoms with Crippen LogP contribution in [0, 0.1) is 6.92 Å². The van der Waals surface area contributed by atoms with Crippen molar-refractivity contribution in [1.29, 1.82) is 0 Å². The highest BCUT2D eigenvalue weighted by atomic mass is 35.5. The number of alkyl halides is 1. The number of carbonyl (C=O) groups is 1. The van der Waals surface area contributed by atoms with Gasteiger partial charge >= 0.3 is 0 Å². The number of halogens is 1. The molecule has 14 heavy (non-hydrogen) atoms. The first kappa shape index (κ1) is 9.99. The molecule has 1 fully saturated rings. The number of rotatable bonds is 3. The van der Waals surface area contributed by atoms with E-state index in [2.05, 4.69) is 5.32 Å². The molecule has 0 aromatic carbocycles. The van der Waals surface area contributed by atoms with Crippen LogP contribution < -0.4 is 5.32 Å². The Hall–Kier alpha value is -0.540. The molecule has 0 spiro atoms. The molecule has 1 saturated carbocycles. The number of nitrogens with one attached hydrogen (secondary N) is 1. The maximum absolute atomic E-state index is 11.8. The van der Waals surface area contributed by atoms with Gasteiger partial charge in [-0.1, -0.05) is 0 Å². The van der Waals surface area contributed by atoms with E-state index >= 15 is 0 Å². The summed E-state index contributed by atoms with van der Waals surface area (Å²) in [5.74, 6) is 0.531. The number of thiophene rings is 1. The summed E-state index contributed by atoms with van der Waals surface area (Å²) in [6.07, 6.45) is 2.01. The topological polar surface area (TPSA) is 29.1 Å². The molecule has 0 saturated heterocycles. The second-order valence-electron chi connectivity index (χ2n) is 3.84. The Balaban J connectivity index is 2.07. The summed E-state index contributed by atoms with van der Waals surface area (Å²) in [5, 5.41) is 6.86. The minimum Gasteiger partial charge on any atom is -0.345 e. The first-order valence-electron chi connectivity index (χ1n) is 4.58. The molecular weight excluding hydrogens is 218 g/mol. The van der Waals surface area contributed by atoms with Crippen molar-refractivity contribution in [3.63, 3.8) is 0 Å². The lowest BCUT2D eigenvalue weighted by Crippen LogP contribution is -2.38. The molecule has 1 N–H and O–H groups in total. The fourth-order valence-corrected chi connectivity index (χ4v) is 2.51. The molecule has 1 aromatic heterocycles. The third kappa shape index (κ3) is 1.79. The van der Waals surface area contributed by atoms with E-state index < -0.39 is 0 Å². The van der Waals surface area contributed by atoms with Crippen molar-refractivity contribution < 1.29 is 4.79 Å². The minimum atomic E-state index is -0.104. The van der Waals surface area contributed by atoms with Gasteiger partial charge < -0.3 is 5.32 Å². The lowest BCUT2D eigenvalue weighted by molar-refractivity contribution is 0.0936. The molecule has 1 amide bonds. The third-order valence-corrected chi connectivity index (χ3v) is 3.96. The molecule has 76 valence electrons. The van der Waals surface area contributed by atoms with Gasteiger partial charge in [-0.15, -0.1) is 11.6 Å². The normalized spacial score (nSPS) is 17.9. The Kier molecular flexibility index (Phi) is 2.54. The van der Waals surface area contributed by atoms with Gasteiger partial charge in [-0.05, 0) is 30.7 Å². The quantitative estimate of drug-likeness (QED) is 0.794. The Bertz CT molecular complexity index is 357. The first-order chi connectivity index (χ1) is 6.67. The van der Waals surface area contributed by atoms with Crippen molar-refractivity contribution in [3.05, 3.63) is 21.9 Å². The maximum atomic E-state index is 11.8. The smallest absolute Gasteiger partial charge is 0.252 e. The van der Waals surface area contributed by atoms with E-state index in [0.717, 1.165) is 24.0 Å². The molecule has 0 unspecified atom stereocenters. The molecule has 1 aliphatic carbocycles. The van der Waals surface area contributed by atoms with Gasteiger partial charge in [-0.2, -0.15) is 11.3 Å². The summed E-state index contributed by atoms with van der Waals surface area (Å²) in [4.78, 5) is 11.8. The van der Waals surface area contributed by atoms with Gasteiger partial charge in [0.25, 0.3) is 5.91 Å². The van der Waals surface area contributed by atoms with E-state index in [4.69, 9.17) is 11.6 Å². The zero-order valence-corrected chi connectivity index (χ0v) is 9.54. The monoisotopic (exact) mass is 229 g/mol. The van der Waals surface area contributed by atoms with Crippen LogP contribution in [0.1, 0.15) is 28.8 Å². The Labute approximate surface area is 92.3 Å². The average Bonchev–Trinajstić information content (AvgIpc) is 2.80. The summed E-state index contributed by atoms with van der Waals surface area (Å²) >= 11 is 7.34. The SMILES string of the molecule is Cc1cscc1C(=O)NC1(CCl)CC1. The van der Waals surface area contributed by atoms with Crippen LogP contribution in [0.25, 0.3) is 0 Å². The lowest BCUT2D eigenvalue weighted by atomic mass is 10.2. The van der Waals surface area contributed by atoms with Crippen molar-refractivity contribution >= 4 is 28.8 Å². The van der Waals surface area contributed by atoms with Gasteiger partial charge in [-0.3, -0.25) is 4.79 Å². The zero-order valence-electron chi connectivity index (χ0n) is 7.97. The predicted octanol–water partition coefficient (Wildman–Crippen LogP) is 2.56. The second kappa shape index (κ2) is 3.55. The van der Waals surface area contributed by atoms with Gasteiger partial charge in [0.1, 0.15) is 0 Å². The highest BCUT2D eigenvalue weighted by molar-refractivity contribution is 7.08. The Morgan fingerprint density at radius 2 is 2.36 bits per heavy atom. The minimum absolute atomic E-state index is 0.0156. The van der Waals surface area contributed by atoms with Crippen molar-refractivity contribution in [2.24, 2.45) is 0 Å². The first-order valence-corrected chi connectivity index (χ1v) is 6.06. The van der Waals surface area contributed by atoms with Crippen LogP contribution in [-0.2, 0) is 0 Å². The summed E-state index contributed by atoms with van der Waals surface area (Å²) in [6.45, 7) is 1.95. The van der Waals surface area contributed by atoms with E-state index in [9.17, 15) is 4.79 Å². The molecule has 1 aliphatic rings. The van der Waals surface area contributed by atoms with E-state index in [0.29, 0.717) is 5.88 Å². The molecule has 0 bridgehead atoms. The van der Waals surface area contributed by atoms with Gasteiger partial charge in [0.05, 0.1) is 11.1 Å². The lowest BCUT2D eigenvalue weighted by Gasteiger charge is -2.13. The maximum Gasteiger partial charge on any atom is 0.252 e. The molecular formula is C10H12ClNOS. The summed E-state index contributed by atoms with van der Waals surface area (Å²) < 4.78 is 0. The number of aryl methyl sites for hydroxylation is 1. The fraction of sp³-hybridized carbons (Fsp3) is 0.500. The standard InChI is InChI=1S/C10H12ClNOS/c1-7-4-14-5-8(7)9(13)12-10(6-11)2-3-10/h4-5H,2-3,6H2,1H3,(H,12,13). The predicted molar refractivity (Wildman–Crippen MR) is 59.2 cm³/mol. The van der Waals surface area contributed by atoms with E-state index in [-0.39, 0.29) is 11.4 Å². The molecule has 0 aliphatic heterocycles. The number of amides is 1. The van der Waals surface area contributed by atoms with Crippen LogP contribution in [0.3, 0.4) is 0 Å². The second-order valence-corrected chi connectivity index (χ2v) is 4.85. The van der Waals surface area contributed by atoms with Crippen LogP contribution in [0.15, 0.2) is 10.8 Å². The number of hydrogen-bond acceptors (Lipinski definition) is 2. The molecule has 2 nitrogen and oxygen atoms in total. The number of carbonyl (C=O) groups excluding carboxylic acids is 1. The van der Waals surface area contributed by atoms with Crippen LogP contribution in [-0.4, -0.2) is 17.3 Å². The third-order valence-electron chi connectivity index (χ3n) is 2.59. The van der Waals surface area contributed by atoms with Crippen molar-refractivity contribution in [1.82, 2.24) is 5.32 Å². The Morgan fingerprint density at radius 3 is 2.79 bits per heavy atom. The molecule has 0 radical (unpaired) electrons. The molecule has 1 aromatic rings. The van der Waals surface area contributed by atoms with Crippen molar-refractivity contribution in [3.8, 4) is 0 Å². The van der Waals surface area contributed by atoms with E-state index in [1.165, 1.54) is 0 Å². The average molecular weight is 230 g/mol. The molecule has 1 heterocycles. The van der Waals surface area contributed by atoms with Crippen molar-refractivity contribution in [2.75, 3.05) is 5.88 Å². The Morgan fingerprint density at radius 1 is 1.64 bits per heavy atom. The summed E-state index contributed by atoms with van der Waals surface area (Å²) in [7, 11) is 0. The summed E-state index contributed by atoms with van der Waals surface area (Å²) in [5.41, 5.74) is 1.72. The zero-order chi connectivity index (χ0) is 10.2. The van der Waals surface area contributed by atoms with Crippen LogP contribution in [0.5, 0.6) is 0 Å². The van der Waals surface area contributed by atoms with Crippen LogP contribution >= 0.6 is 22.9 Å². The highest BCUT2D eigenvalue weighted by Gasteiger charge is 2.43. The fourth-order valence-electron chi connectivity index (χ4n) is 1.34. The van der Waals surface area contributed by atoms with Gasteiger partial charge in [0, 0.05) is 11.3 Å². The van der Waals surface area contributed by atoms with Crippen LogP contribution in [0.4, 0.5) is 0 Å². The number of hydrogen-bond donors (Lipinski definition) is 1. The van der Waals surface area contributed by atoms with E-state index in [1.54, 1.807) is 11.3 Å². The molecule has 2 rings (SSSR count). The largest absolute Gasteiger partial charge is 0.345 e.